The molecule has 1 aliphatic rings. The van der Waals surface area contributed by atoms with Crippen LogP contribution in [0.25, 0.3) is 0 Å². The normalized spacial score (nSPS) is 25.2. The molecule has 1 saturated heterocycles. The first-order valence-corrected chi connectivity index (χ1v) is 4.12. The van der Waals surface area contributed by atoms with Gasteiger partial charge in [-0.2, -0.15) is 0 Å². The molecule has 0 aromatic rings. The molecular weight excluding hydrogens is 182 g/mol. The molecule has 1 rings (SSSR count). The van der Waals surface area contributed by atoms with E-state index in [0.717, 1.165) is 0 Å². The number of rotatable bonds is 2. The SMILES string of the molecule is C[C@H](C(=O)[O-])[C@H]1SC(=O)NC1=O. The van der Waals surface area contributed by atoms with Gasteiger partial charge in [0, 0.05) is 11.9 Å². The smallest absolute Gasteiger partial charge is 0.286 e. The summed E-state index contributed by atoms with van der Waals surface area (Å²) in [5.41, 5.74) is 0. The zero-order chi connectivity index (χ0) is 9.30. The Bertz CT molecular complexity index is 252. The predicted octanol–water partition coefficient (Wildman–Crippen LogP) is -1.28. The zero-order valence-electron chi connectivity index (χ0n) is 6.20. The summed E-state index contributed by atoms with van der Waals surface area (Å²) in [6, 6.07) is 0. The second-order valence-corrected chi connectivity index (χ2v) is 3.54. The molecule has 0 radical (unpaired) electrons. The van der Waals surface area contributed by atoms with Gasteiger partial charge in [-0.15, -0.1) is 0 Å². The van der Waals surface area contributed by atoms with Crippen LogP contribution in [0.2, 0.25) is 0 Å². The number of aliphatic carboxylic acids is 1. The second-order valence-electron chi connectivity index (χ2n) is 2.42. The number of nitrogens with one attached hydrogen (secondary N) is 1. The van der Waals surface area contributed by atoms with E-state index in [4.69, 9.17) is 0 Å². The molecule has 1 N–H and O–H groups in total. The van der Waals surface area contributed by atoms with Crippen molar-refractivity contribution in [3.05, 3.63) is 0 Å². The number of hydrogen-bond acceptors (Lipinski definition) is 5. The summed E-state index contributed by atoms with van der Waals surface area (Å²) in [7, 11) is 0. The molecule has 0 saturated carbocycles. The molecule has 5 nitrogen and oxygen atoms in total. The van der Waals surface area contributed by atoms with Crippen LogP contribution in [0.3, 0.4) is 0 Å². The summed E-state index contributed by atoms with van der Waals surface area (Å²) in [4.78, 5) is 31.8. The van der Waals surface area contributed by atoms with Gasteiger partial charge in [0.05, 0.1) is 0 Å². The Hall–Kier alpha value is -1.04. The Kier molecular flexibility index (Phi) is 2.37. The third kappa shape index (κ3) is 1.58. The summed E-state index contributed by atoms with van der Waals surface area (Å²) < 4.78 is 0. The van der Waals surface area contributed by atoms with Gasteiger partial charge in [-0.3, -0.25) is 14.9 Å². The number of carboxylic acid groups (broad SMARTS) is 1. The van der Waals surface area contributed by atoms with Crippen LogP contribution in [0.1, 0.15) is 6.92 Å². The Morgan fingerprint density at radius 3 is 2.58 bits per heavy atom. The van der Waals surface area contributed by atoms with Crippen LogP contribution in [0.5, 0.6) is 0 Å². The maximum Gasteiger partial charge on any atom is 0.286 e. The lowest BCUT2D eigenvalue weighted by atomic mass is 10.1. The Morgan fingerprint density at radius 2 is 2.25 bits per heavy atom. The van der Waals surface area contributed by atoms with Gasteiger partial charge in [-0.1, -0.05) is 18.7 Å². The van der Waals surface area contributed by atoms with E-state index < -0.39 is 28.3 Å². The van der Waals surface area contributed by atoms with Crippen LogP contribution in [-0.2, 0) is 9.59 Å². The van der Waals surface area contributed by atoms with E-state index >= 15 is 0 Å². The van der Waals surface area contributed by atoms with E-state index in [9.17, 15) is 19.5 Å². The molecule has 1 heterocycles. The van der Waals surface area contributed by atoms with Crippen LogP contribution >= 0.6 is 11.8 Å². The molecule has 0 spiro atoms. The van der Waals surface area contributed by atoms with E-state index in [0.29, 0.717) is 11.8 Å². The first-order valence-electron chi connectivity index (χ1n) is 3.24. The maximum absolute atomic E-state index is 10.9. The molecule has 1 aliphatic heterocycles. The molecule has 66 valence electrons. The van der Waals surface area contributed by atoms with Gasteiger partial charge >= 0.3 is 0 Å². The zero-order valence-corrected chi connectivity index (χ0v) is 7.01. The van der Waals surface area contributed by atoms with E-state index in [1.165, 1.54) is 6.92 Å². The van der Waals surface area contributed by atoms with Crippen molar-refractivity contribution in [1.29, 1.82) is 0 Å². The van der Waals surface area contributed by atoms with Crippen molar-refractivity contribution in [3.8, 4) is 0 Å². The number of amides is 2. The minimum atomic E-state index is -1.32. The summed E-state index contributed by atoms with van der Waals surface area (Å²) in [6.45, 7) is 1.34. The Balaban J connectivity index is 2.70. The second kappa shape index (κ2) is 3.14. The van der Waals surface area contributed by atoms with Crippen LogP contribution < -0.4 is 10.4 Å². The lowest BCUT2D eigenvalue weighted by molar-refractivity contribution is -0.310. The highest BCUT2D eigenvalue weighted by Gasteiger charge is 2.36. The van der Waals surface area contributed by atoms with Gasteiger partial charge < -0.3 is 9.90 Å². The Morgan fingerprint density at radius 1 is 1.67 bits per heavy atom. The quantitative estimate of drug-likeness (QED) is 0.583. The van der Waals surface area contributed by atoms with Crippen LogP contribution in [0, 0.1) is 5.92 Å². The fourth-order valence-electron chi connectivity index (χ4n) is 0.823. The topological polar surface area (TPSA) is 86.3 Å². The van der Waals surface area contributed by atoms with Crippen molar-refractivity contribution >= 4 is 28.9 Å². The van der Waals surface area contributed by atoms with E-state index in [2.05, 4.69) is 0 Å². The van der Waals surface area contributed by atoms with Crippen molar-refractivity contribution in [2.24, 2.45) is 5.92 Å². The van der Waals surface area contributed by atoms with Gasteiger partial charge in [-0.25, -0.2) is 0 Å². The molecule has 6 heteroatoms. The summed E-state index contributed by atoms with van der Waals surface area (Å²) in [6.07, 6.45) is 0. The van der Waals surface area contributed by atoms with Gasteiger partial charge in [0.2, 0.25) is 5.91 Å². The first kappa shape index (κ1) is 9.05. The summed E-state index contributed by atoms with van der Waals surface area (Å²) in [5.74, 6) is -2.82. The monoisotopic (exact) mass is 188 g/mol. The highest BCUT2D eigenvalue weighted by molar-refractivity contribution is 8.15. The standard InChI is InChI=1S/C6H7NO4S/c1-2(5(9)10)3-4(8)7-6(11)12-3/h2-3H,1H3,(H,9,10)(H,7,8,11)/p-1/t2-,3+/m0/s1. The van der Waals surface area contributed by atoms with Gasteiger partial charge in [0.25, 0.3) is 5.24 Å². The summed E-state index contributed by atoms with van der Waals surface area (Å²) in [5, 5.41) is 11.0. The molecule has 0 aliphatic carbocycles. The molecule has 0 aromatic carbocycles. The highest BCUT2D eigenvalue weighted by atomic mass is 32.2. The molecule has 0 bridgehead atoms. The number of carboxylic acids is 1. The third-order valence-electron chi connectivity index (χ3n) is 1.54. The third-order valence-corrected chi connectivity index (χ3v) is 2.74. The minimum Gasteiger partial charge on any atom is -0.550 e. The van der Waals surface area contributed by atoms with Crippen molar-refractivity contribution in [3.63, 3.8) is 0 Å². The number of carbonyl (C=O) groups excluding carboxylic acids is 3. The number of hydrogen-bond donors (Lipinski definition) is 1. The lowest BCUT2D eigenvalue weighted by Crippen LogP contribution is -2.39. The van der Waals surface area contributed by atoms with E-state index in [-0.39, 0.29) is 0 Å². The van der Waals surface area contributed by atoms with Crippen molar-refractivity contribution in [2.45, 2.75) is 12.2 Å². The fourth-order valence-corrected chi connectivity index (χ4v) is 1.69. The maximum atomic E-state index is 10.9. The molecule has 2 atom stereocenters. The molecule has 0 unspecified atom stereocenters. The molecule has 1 fully saturated rings. The van der Waals surface area contributed by atoms with Crippen LogP contribution in [-0.4, -0.2) is 22.4 Å². The average molecular weight is 188 g/mol. The van der Waals surface area contributed by atoms with Gasteiger partial charge in [0.15, 0.2) is 0 Å². The van der Waals surface area contributed by atoms with E-state index in [1.807, 2.05) is 5.32 Å². The molecule has 2 amide bonds. The summed E-state index contributed by atoms with van der Waals surface area (Å²) >= 11 is 0.690. The molecule has 0 aromatic heterocycles. The predicted molar refractivity (Wildman–Crippen MR) is 39.1 cm³/mol. The first-order chi connectivity index (χ1) is 5.52. The number of imide groups is 1. The van der Waals surface area contributed by atoms with Crippen molar-refractivity contribution < 1.29 is 19.5 Å². The average Bonchev–Trinajstić information content (AvgIpc) is 2.28. The Labute approximate surface area is 72.5 Å². The van der Waals surface area contributed by atoms with Crippen molar-refractivity contribution in [2.75, 3.05) is 0 Å². The highest BCUT2D eigenvalue weighted by Crippen LogP contribution is 2.25. The number of thioether (sulfide) groups is 1. The largest absolute Gasteiger partial charge is 0.550 e. The van der Waals surface area contributed by atoms with E-state index in [1.54, 1.807) is 0 Å². The van der Waals surface area contributed by atoms with Crippen molar-refractivity contribution in [1.82, 2.24) is 5.32 Å². The molecule has 12 heavy (non-hydrogen) atoms. The molecular formula is C6H6NO4S-. The van der Waals surface area contributed by atoms with Gasteiger partial charge in [0.1, 0.15) is 5.25 Å². The fraction of sp³-hybridized carbons (Fsp3) is 0.500. The van der Waals surface area contributed by atoms with Crippen LogP contribution in [0.4, 0.5) is 4.79 Å². The lowest BCUT2D eigenvalue weighted by Gasteiger charge is -2.15. The van der Waals surface area contributed by atoms with Crippen LogP contribution in [0.15, 0.2) is 0 Å². The van der Waals surface area contributed by atoms with Gasteiger partial charge in [-0.05, 0) is 0 Å². The number of carbonyl (C=O) groups is 3. The minimum absolute atomic E-state index is 0.502.